The maximum Gasteiger partial charge on any atom is 0.227 e. The van der Waals surface area contributed by atoms with Crippen molar-refractivity contribution in [3.63, 3.8) is 0 Å². The van der Waals surface area contributed by atoms with Gasteiger partial charge in [-0.25, -0.2) is 0 Å². The number of amides is 1. The predicted octanol–water partition coefficient (Wildman–Crippen LogP) is 6.58. The molecule has 0 fully saturated rings. The second kappa shape index (κ2) is 8.18. The second-order valence-electron chi connectivity index (χ2n) is 8.67. The van der Waals surface area contributed by atoms with Crippen molar-refractivity contribution in [3.05, 3.63) is 108 Å². The van der Waals surface area contributed by atoms with E-state index in [1.807, 2.05) is 29.4 Å². The van der Waals surface area contributed by atoms with Crippen LogP contribution in [0.2, 0.25) is 0 Å². The van der Waals surface area contributed by atoms with Crippen molar-refractivity contribution in [1.29, 1.82) is 0 Å². The molecule has 0 N–H and O–H groups in total. The van der Waals surface area contributed by atoms with E-state index in [4.69, 9.17) is 0 Å². The van der Waals surface area contributed by atoms with Gasteiger partial charge in [-0.2, -0.15) is 0 Å². The normalized spacial score (nSPS) is 12.9. The highest BCUT2D eigenvalue weighted by Gasteiger charge is 2.25. The largest absolute Gasteiger partial charge is 0.312 e. The van der Waals surface area contributed by atoms with Gasteiger partial charge >= 0.3 is 0 Å². The van der Waals surface area contributed by atoms with Gasteiger partial charge in [-0.1, -0.05) is 54.6 Å². The summed E-state index contributed by atoms with van der Waals surface area (Å²) in [5.74, 6) is 0.197. The lowest BCUT2D eigenvalue weighted by Crippen LogP contribution is -2.29. The number of rotatable bonds is 4. The second-order valence-corrected chi connectivity index (χ2v) is 8.67. The number of fused-ring (bicyclic) bond motifs is 3. The van der Waals surface area contributed by atoms with Crippen molar-refractivity contribution in [2.45, 2.75) is 19.3 Å². The number of carbonyl (C=O) groups is 1. The molecule has 0 saturated carbocycles. The molecule has 0 atom stereocenters. The number of benzene rings is 4. The molecule has 1 aliphatic heterocycles. The predicted molar refractivity (Wildman–Crippen MR) is 136 cm³/mol. The summed E-state index contributed by atoms with van der Waals surface area (Å²) >= 11 is 0. The fraction of sp³-hybridized carbons (Fsp3) is 0.133. The Kier molecular flexibility index (Phi) is 4.88. The molecule has 0 spiro atoms. The third-order valence-corrected chi connectivity index (χ3v) is 6.76. The summed E-state index contributed by atoms with van der Waals surface area (Å²) in [6.07, 6.45) is 5.77. The Morgan fingerprint density at radius 3 is 2.21 bits per heavy atom. The van der Waals surface area contributed by atoms with Gasteiger partial charge in [-0.05, 0) is 87.0 Å². The zero-order valence-corrected chi connectivity index (χ0v) is 18.4. The maximum atomic E-state index is 13.3. The molecular weight excluding hydrogens is 404 g/mol. The minimum atomic E-state index is 0.197. The minimum absolute atomic E-state index is 0.197. The van der Waals surface area contributed by atoms with Gasteiger partial charge in [0.25, 0.3) is 0 Å². The molecule has 0 aliphatic carbocycles. The van der Waals surface area contributed by atoms with Crippen LogP contribution in [0.15, 0.2) is 97.3 Å². The van der Waals surface area contributed by atoms with Crippen molar-refractivity contribution in [1.82, 2.24) is 4.98 Å². The molecule has 1 aromatic heterocycles. The van der Waals surface area contributed by atoms with Gasteiger partial charge in [-0.3, -0.25) is 9.78 Å². The molecule has 33 heavy (non-hydrogen) atoms. The summed E-state index contributed by atoms with van der Waals surface area (Å²) in [5, 5.41) is 4.95. The van der Waals surface area contributed by atoms with Crippen LogP contribution in [-0.4, -0.2) is 17.4 Å². The molecule has 0 bridgehead atoms. The molecule has 4 aromatic carbocycles. The Hall–Kier alpha value is -3.98. The summed E-state index contributed by atoms with van der Waals surface area (Å²) in [6, 6.07) is 29.7. The molecular formula is C30H24N2O. The summed E-state index contributed by atoms with van der Waals surface area (Å²) in [5.41, 5.74) is 5.89. The van der Waals surface area contributed by atoms with Crippen LogP contribution in [0.4, 0.5) is 5.69 Å². The van der Waals surface area contributed by atoms with Crippen LogP contribution >= 0.6 is 0 Å². The third kappa shape index (κ3) is 3.56. The number of hydrogen-bond donors (Lipinski definition) is 0. The van der Waals surface area contributed by atoms with Gasteiger partial charge in [-0.15, -0.1) is 0 Å². The SMILES string of the molecule is O=C(CCc1c2ccccc2cc2ccccc12)N1CCc2cc(-c3ccncc3)ccc21. The van der Waals surface area contributed by atoms with Gasteiger partial charge in [0.2, 0.25) is 5.91 Å². The van der Waals surface area contributed by atoms with Crippen LogP contribution in [0.3, 0.4) is 0 Å². The van der Waals surface area contributed by atoms with Gasteiger partial charge in [0.05, 0.1) is 0 Å². The number of carbonyl (C=O) groups excluding carboxylic acids is 1. The highest BCUT2D eigenvalue weighted by Crippen LogP contribution is 2.34. The Morgan fingerprint density at radius 2 is 1.48 bits per heavy atom. The monoisotopic (exact) mass is 428 g/mol. The van der Waals surface area contributed by atoms with E-state index in [0.717, 1.165) is 30.6 Å². The number of anilines is 1. The number of hydrogen-bond acceptors (Lipinski definition) is 2. The molecule has 2 heterocycles. The molecule has 0 saturated heterocycles. The zero-order valence-electron chi connectivity index (χ0n) is 18.4. The van der Waals surface area contributed by atoms with E-state index in [0.29, 0.717) is 6.42 Å². The van der Waals surface area contributed by atoms with Gasteiger partial charge in [0.1, 0.15) is 0 Å². The molecule has 160 valence electrons. The van der Waals surface area contributed by atoms with Crippen LogP contribution in [0.25, 0.3) is 32.7 Å². The van der Waals surface area contributed by atoms with E-state index >= 15 is 0 Å². The summed E-state index contributed by atoms with van der Waals surface area (Å²) in [6.45, 7) is 0.754. The summed E-state index contributed by atoms with van der Waals surface area (Å²) in [4.78, 5) is 19.4. The van der Waals surface area contributed by atoms with Crippen LogP contribution in [-0.2, 0) is 17.6 Å². The van der Waals surface area contributed by atoms with Crippen molar-refractivity contribution >= 4 is 33.1 Å². The Morgan fingerprint density at radius 1 is 0.788 bits per heavy atom. The number of nitrogens with zero attached hydrogens (tertiary/aromatic N) is 2. The highest BCUT2D eigenvalue weighted by molar-refractivity contribution is 6.03. The molecule has 0 radical (unpaired) electrons. The van der Waals surface area contributed by atoms with Gasteiger partial charge in [0, 0.05) is 31.0 Å². The van der Waals surface area contributed by atoms with E-state index in [1.54, 1.807) is 0 Å². The first kappa shape index (κ1) is 19.7. The van der Waals surface area contributed by atoms with Crippen LogP contribution in [0.1, 0.15) is 17.5 Å². The number of pyridine rings is 1. The van der Waals surface area contributed by atoms with E-state index in [2.05, 4.69) is 77.8 Å². The first-order valence-electron chi connectivity index (χ1n) is 11.5. The molecule has 0 unspecified atom stereocenters. The lowest BCUT2D eigenvalue weighted by molar-refractivity contribution is -0.118. The average Bonchev–Trinajstić information content (AvgIpc) is 3.30. The molecule has 6 rings (SSSR count). The van der Waals surface area contributed by atoms with Gasteiger partial charge in [0.15, 0.2) is 0 Å². The summed E-state index contributed by atoms with van der Waals surface area (Å²) in [7, 11) is 0. The zero-order chi connectivity index (χ0) is 22.2. The standard InChI is InChI=1S/C30H24N2O/c33-30(32-18-15-25-19-22(9-11-29(25)32)21-13-16-31-17-14-21)12-10-28-26-7-3-1-5-23(26)20-24-6-2-4-8-27(24)28/h1-9,11,13-14,16-17,19-20H,10,12,15,18H2. The lowest BCUT2D eigenvalue weighted by atomic mass is 9.94. The fourth-order valence-electron chi connectivity index (χ4n) is 5.13. The highest BCUT2D eigenvalue weighted by atomic mass is 16.2. The Bertz CT molecular complexity index is 1440. The Labute approximate surface area is 193 Å². The third-order valence-electron chi connectivity index (χ3n) is 6.76. The molecule has 1 amide bonds. The van der Waals surface area contributed by atoms with E-state index in [9.17, 15) is 4.79 Å². The summed E-state index contributed by atoms with van der Waals surface area (Å²) < 4.78 is 0. The first-order chi connectivity index (χ1) is 16.3. The van der Waals surface area contributed by atoms with Gasteiger partial charge < -0.3 is 4.90 Å². The lowest BCUT2D eigenvalue weighted by Gasteiger charge is -2.18. The van der Waals surface area contributed by atoms with Crippen LogP contribution in [0.5, 0.6) is 0 Å². The van der Waals surface area contributed by atoms with Crippen molar-refractivity contribution < 1.29 is 4.79 Å². The Balaban J connectivity index is 1.27. The smallest absolute Gasteiger partial charge is 0.227 e. The van der Waals surface area contributed by atoms with E-state index < -0.39 is 0 Å². The van der Waals surface area contributed by atoms with Crippen molar-refractivity contribution in [2.75, 3.05) is 11.4 Å². The number of aromatic nitrogens is 1. The van der Waals surface area contributed by atoms with E-state index in [-0.39, 0.29) is 5.91 Å². The van der Waals surface area contributed by atoms with Crippen LogP contribution < -0.4 is 4.90 Å². The maximum absolute atomic E-state index is 13.3. The number of aryl methyl sites for hydroxylation is 1. The van der Waals surface area contributed by atoms with Crippen LogP contribution in [0, 0.1) is 0 Å². The molecule has 3 nitrogen and oxygen atoms in total. The fourth-order valence-corrected chi connectivity index (χ4v) is 5.13. The molecule has 3 heteroatoms. The van der Waals surface area contributed by atoms with E-state index in [1.165, 1.54) is 38.2 Å². The first-order valence-corrected chi connectivity index (χ1v) is 11.5. The molecule has 5 aromatic rings. The quantitative estimate of drug-likeness (QED) is 0.303. The van der Waals surface area contributed by atoms with Crippen molar-refractivity contribution in [3.8, 4) is 11.1 Å². The average molecular weight is 429 g/mol. The topological polar surface area (TPSA) is 33.2 Å². The minimum Gasteiger partial charge on any atom is -0.312 e. The van der Waals surface area contributed by atoms with Crippen molar-refractivity contribution in [2.24, 2.45) is 0 Å². The molecule has 1 aliphatic rings.